The number of aromatic nitrogens is 4. The standard InChI is InChI=1S/C27H26N6O4/c1-4-25(34)29-19-10-8-18(9-11-19)26(28-15-21-17(2)6-5-7-22(21)35-3)27-30-31-32-33(27)20-12-13-23-24(14-20)37-16-36-23/h4-14,26,28H,1,15-16H2,2-3H3,(H,29,34). The van der Waals surface area contributed by atoms with Gasteiger partial charge in [-0.15, -0.1) is 5.10 Å². The van der Waals surface area contributed by atoms with E-state index in [-0.39, 0.29) is 12.7 Å². The van der Waals surface area contributed by atoms with Crippen molar-refractivity contribution >= 4 is 11.6 Å². The summed E-state index contributed by atoms with van der Waals surface area (Å²) in [5.41, 5.74) is 4.43. The Morgan fingerprint density at radius 3 is 2.76 bits per heavy atom. The first-order valence-electron chi connectivity index (χ1n) is 11.6. The predicted molar refractivity (Wildman–Crippen MR) is 137 cm³/mol. The minimum Gasteiger partial charge on any atom is -0.496 e. The summed E-state index contributed by atoms with van der Waals surface area (Å²) in [6, 6.07) is 18.6. The van der Waals surface area contributed by atoms with Gasteiger partial charge in [-0.2, -0.15) is 4.68 Å². The second-order valence-electron chi connectivity index (χ2n) is 8.37. The molecule has 1 aliphatic rings. The van der Waals surface area contributed by atoms with Crippen LogP contribution >= 0.6 is 0 Å². The van der Waals surface area contributed by atoms with Crippen LogP contribution in [-0.2, 0) is 11.3 Å². The van der Waals surface area contributed by atoms with Gasteiger partial charge in [0, 0.05) is 23.9 Å². The third-order valence-corrected chi connectivity index (χ3v) is 6.12. The number of anilines is 1. The molecule has 1 aliphatic heterocycles. The lowest BCUT2D eigenvalue weighted by molar-refractivity contribution is -0.111. The zero-order chi connectivity index (χ0) is 25.8. The SMILES string of the molecule is C=CC(=O)Nc1ccc(C(NCc2c(C)cccc2OC)c2nnnn2-c2ccc3c(c2)OCO3)cc1. The fourth-order valence-electron chi connectivity index (χ4n) is 4.18. The topological polar surface area (TPSA) is 112 Å². The van der Waals surface area contributed by atoms with Crippen molar-refractivity contribution in [2.45, 2.75) is 19.5 Å². The van der Waals surface area contributed by atoms with Crippen LogP contribution < -0.4 is 24.8 Å². The Morgan fingerprint density at radius 1 is 1.16 bits per heavy atom. The normalized spacial score (nSPS) is 12.7. The quantitative estimate of drug-likeness (QED) is 0.336. The number of methoxy groups -OCH3 is 1. The summed E-state index contributed by atoms with van der Waals surface area (Å²) < 4.78 is 18.2. The number of carbonyl (C=O) groups excluding carboxylic acids is 1. The van der Waals surface area contributed by atoms with Gasteiger partial charge in [0.15, 0.2) is 17.3 Å². The number of rotatable bonds is 9. The molecule has 3 aromatic carbocycles. The van der Waals surface area contributed by atoms with E-state index in [1.54, 1.807) is 11.8 Å². The fraction of sp³-hybridized carbons (Fsp3) is 0.185. The van der Waals surface area contributed by atoms with Gasteiger partial charge in [0.1, 0.15) is 5.75 Å². The number of tetrazole rings is 1. The van der Waals surface area contributed by atoms with Gasteiger partial charge in [0.05, 0.1) is 18.8 Å². The van der Waals surface area contributed by atoms with E-state index in [0.29, 0.717) is 29.6 Å². The highest BCUT2D eigenvalue weighted by Gasteiger charge is 2.24. The van der Waals surface area contributed by atoms with E-state index in [1.807, 2.05) is 67.6 Å². The van der Waals surface area contributed by atoms with Crippen molar-refractivity contribution < 1.29 is 19.0 Å². The minimum absolute atomic E-state index is 0.179. The molecule has 0 saturated heterocycles. The Kier molecular flexibility index (Phi) is 6.82. The van der Waals surface area contributed by atoms with Gasteiger partial charge in [-0.3, -0.25) is 10.1 Å². The minimum atomic E-state index is -0.395. The molecule has 1 amide bonds. The molecule has 0 aliphatic carbocycles. The molecule has 4 aromatic rings. The average molecular weight is 499 g/mol. The number of hydrogen-bond donors (Lipinski definition) is 2. The largest absolute Gasteiger partial charge is 0.496 e. The van der Waals surface area contributed by atoms with E-state index in [4.69, 9.17) is 14.2 Å². The summed E-state index contributed by atoms with van der Waals surface area (Å²) in [7, 11) is 1.66. The van der Waals surface area contributed by atoms with Crippen molar-refractivity contribution in [1.29, 1.82) is 0 Å². The molecule has 0 saturated carbocycles. The number of hydrogen-bond acceptors (Lipinski definition) is 8. The van der Waals surface area contributed by atoms with Crippen molar-refractivity contribution in [3.05, 3.63) is 95.8 Å². The van der Waals surface area contributed by atoms with Crippen molar-refractivity contribution in [1.82, 2.24) is 25.5 Å². The molecule has 2 heterocycles. The number of amides is 1. The van der Waals surface area contributed by atoms with Gasteiger partial charge >= 0.3 is 0 Å². The van der Waals surface area contributed by atoms with Gasteiger partial charge in [0.2, 0.25) is 12.7 Å². The van der Waals surface area contributed by atoms with Gasteiger partial charge in [-0.05, 0) is 64.9 Å². The molecule has 2 N–H and O–H groups in total. The first-order chi connectivity index (χ1) is 18.1. The molecule has 0 bridgehead atoms. The van der Waals surface area contributed by atoms with E-state index in [9.17, 15) is 4.79 Å². The molecular formula is C27H26N6O4. The summed E-state index contributed by atoms with van der Waals surface area (Å²) in [6.07, 6.45) is 1.23. The Morgan fingerprint density at radius 2 is 1.97 bits per heavy atom. The number of nitrogens with one attached hydrogen (secondary N) is 2. The number of carbonyl (C=O) groups is 1. The Bertz CT molecular complexity index is 1430. The Hall–Kier alpha value is -4.70. The number of benzene rings is 3. The van der Waals surface area contributed by atoms with Crippen LogP contribution in [0.5, 0.6) is 17.2 Å². The molecule has 188 valence electrons. The molecule has 1 aromatic heterocycles. The molecule has 1 atom stereocenters. The highest BCUT2D eigenvalue weighted by atomic mass is 16.7. The van der Waals surface area contributed by atoms with Crippen LogP contribution in [0, 0.1) is 6.92 Å². The first kappa shape index (κ1) is 24.0. The summed E-state index contributed by atoms with van der Waals surface area (Å²) in [6.45, 7) is 6.22. The second kappa shape index (κ2) is 10.5. The molecule has 0 spiro atoms. The van der Waals surface area contributed by atoms with E-state index in [2.05, 4.69) is 32.7 Å². The van der Waals surface area contributed by atoms with E-state index in [1.165, 1.54) is 6.08 Å². The smallest absolute Gasteiger partial charge is 0.247 e. The number of nitrogens with zero attached hydrogens (tertiary/aromatic N) is 4. The molecule has 37 heavy (non-hydrogen) atoms. The molecule has 0 radical (unpaired) electrons. The van der Waals surface area contributed by atoms with Crippen molar-refractivity contribution in [3.8, 4) is 22.9 Å². The van der Waals surface area contributed by atoms with Crippen molar-refractivity contribution in [3.63, 3.8) is 0 Å². The highest BCUT2D eigenvalue weighted by molar-refractivity contribution is 5.98. The number of fused-ring (bicyclic) bond motifs is 1. The predicted octanol–water partition coefficient (Wildman–Crippen LogP) is 3.71. The van der Waals surface area contributed by atoms with Crippen LogP contribution in [0.1, 0.15) is 28.6 Å². The van der Waals surface area contributed by atoms with Crippen molar-refractivity contribution in [2.75, 3.05) is 19.2 Å². The summed E-state index contributed by atoms with van der Waals surface area (Å²) in [5.74, 6) is 2.41. The van der Waals surface area contributed by atoms with Crippen LogP contribution in [0.3, 0.4) is 0 Å². The first-order valence-corrected chi connectivity index (χ1v) is 11.6. The molecule has 1 unspecified atom stereocenters. The summed E-state index contributed by atoms with van der Waals surface area (Å²) in [5, 5.41) is 19.0. The zero-order valence-corrected chi connectivity index (χ0v) is 20.5. The third kappa shape index (κ3) is 5.00. The van der Waals surface area contributed by atoms with Crippen LogP contribution in [0.2, 0.25) is 0 Å². The maximum absolute atomic E-state index is 11.7. The third-order valence-electron chi connectivity index (χ3n) is 6.12. The summed E-state index contributed by atoms with van der Waals surface area (Å²) in [4.78, 5) is 11.7. The summed E-state index contributed by atoms with van der Waals surface area (Å²) >= 11 is 0. The van der Waals surface area contributed by atoms with Crippen LogP contribution in [0.25, 0.3) is 5.69 Å². The van der Waals surface area contributed by atoms with Crippen LogP contribution in [0.15, 0.2) is 73.3 Å². The molecule has 0 fully saturated rings. The number of ether oxygens (including phenoxy) is 3. The maximum Gasteiger partial charge on any atom is 0.247 e. The molecular weight excluding hydrogens is 472 g/mol. The van der Waals surface area contributed by atoms with Crippen molar-refractivity contribution in [2.24, 2.45) is 0 Å². The number of aryl methyl sites for hydroxylation is 1. The lowest BCUT2D eigenvalue weighted by Crippen LogP contribution is -2.26. The Balaban J connectivity index is 1.51. The zero-order valence-electron chi connectivity index (χ0n) is 20.5. The lowest BCUT2D eigenvalue weighted by Gasteiger charge is -2.21. The Labute approximate surface area is 213 Å². The molecule has 10 nitrogen and oxygen atoms in total. The van der Waals surface area contributed by atoms with Crippen LogP contribution in [-0.4, -0.2) is 40.0 Å². The fourth-order valence-corrected chi connectivity index (χ4v) is 4.18. The molecule has 5 rings (SSSR count). The van der Waals surface area contributed by atoms with E-state index < -0.39 is 6.04 Å². The van der Waals surface area contributed by atoms with E-state index in [0.717, 1.165) is 28.1 Å². The monoisotopic (exact) mass is 498 g/mol. The van der Waals surface area contributed by atoms with Gasteiger partial charge in [-0.1, -0.05) is 30.8 Å². The van der Waals surface area contributed by atoms with Gasteiger partial charge < -0.3 is 19.5 Å². The average Bonchev–Trinajstić information content (AvgIpc) is 3.59. The second-order valence-corrected chi connectivity index (χ2v) is 8.37. The van der Waals surface area contributed by atoms with Gasteiger partial charge in [0.25, 0.3) is 0 Å². The van der Waals surface area contributed by atoms with E-state index >= 15 is 0 Å². The highest BCUT2D eigenvalue weighted by Crippen LogP contribution is 2.34. The van der Waals surface area contributed by atoms with Gasteiger partial charge in [-0.25, -0.2) is 0 Å². The molecule has 10 heteroatoms. The maximum atomic E-state index is 11.7. The van der Waals surface area contributed by atoms with Crippen LogP contribution in [0.4, 0.5) is 5.69 Å². The lowest BCUT2D eigenvalue weighted by atomic mass is 10.0.